The second-order valence-electron chi connectivity index (χ2n) is 10.4. The van der Waals surface area contributed by atoms with Crippen molar-refractivity contribution in [1.29, 1.82) is 0 Å². The Labute approximate surface area is 168 Å². The first kappa shape index (κ1) is 17.9. The third-order valence-corrected chi connectivity index (χ3v) is 9.00. The van der Waals surface area contributed by atoms with Crippen molar-refractivity contribution in [3.8, 4) is 0 Å². The summed E-state index contributed by atoms with van der Waals surface area (Å²) in [5, 5.41) is 0. The molecule has 5 aliphatic rings. The van der Waals surface area contributed by atoms with Gasteiger partial charge in [0.05, 0.1) is 0 Å². The van der Waals surface area contributed by atoms with Crippen molar-refractivity contribution in [2.75, 3.05) is 6.54 Å². The van der Waals surface area contributed by atoms with Crippen LogP contribution in [0.3, 0.4) is 0 Å². The molecule has 152 valence electrons. The average molecular weight is 384 g/mol. The third-order valence-electron chi connectivity index (χ3n) is 9.00. The van der Waals surface area contributed by atoms with E-state index in [1.54, 1.807) is 0 Å². The Morgan fingerprint density at radius 3 is 2.43 bits per heavy atom. The van der Waals surface area contributed by atoms with E-state index in [4.69, 9.17) is 20.2 Å². The van der Waals surface area contributed by atoms with Gasteiger partial charge in [0.2, 0.25) is 11.6 Å². The molecule has 1 heterocycles. The molecule has 5 unspecified atom stereocenters. The van der Waals surface area contributed by atoms with E-state index in [1.165, 1.54) is 37.7 Å². The SMILES string of the molecule is NCC1(c2ccccc2)CCC2(CC1)OOC1(CCC3CC4CC(C3)C1C4)O2. The van der Waals surface area contributed by atoms with Crippen molar-refractivity contribution in [3.63, 3.8) is 0 Å². The summed E-state index contributed by atoms with van der Waals surface area (Å²) >= 11 is 0. The van der Waals surface area contributed by atoms with E-state index in [0.29, 0.717) is 12.5 Å². The van der Waals surface area contributed by atoms with Crippen LogP contribution in [0.5, 0.6) is 0 Å². The molecule has 0 radical (unpaired) electrons. The number of hydrogen-bond donors (Lipinski definition) is 1. The number of nitrogens with two attached hydrogens (primary N) is 1. The van der Waals surface area contributed by atoms with Crippen molar-refractivity contribution in [2.24, 2.45) is 29.4 Å². The number of benzene rings is 1. The molecule has 6 rings (SSSR count). The zero-order chi connectivity index (χ0) is 18.8. The molecule has 5 atom stereocenters. The zero-order valence-electron chi connectivity index (χ0n) is 16.8. The second kappa shape index (κ2) is 6.28. The van der Waals surface area contributed by atoms with Crippen LogP contribution in [0.4, 0.5) is 0 Å². The van der Waals surface area contributed by atoms with Gasteiger partial charge in [-0.25, -0.2) is 0 Å². The molecule has 1 saturated heterocycles. The maximum absolute atomic E-state index is 6.87. The normalized spacial score (nSPS) is 49.8. The van der Waals surface area contributed by atoms with E-state index in [2.05, 4.69) is 30.3 Å². The maximum Gasteiger partial charge on any atom is 0.207 e. The van der Waals surface area contributed by atoms with Crippen molar-refractivity contribution >= 4 is 0 Å². The van der Waals surface area contributed by atoms with Crippen molar-refractivity contribution in [1.82, 2.24) is 0 Å². The molecule has 2 N–H and O–H groups in total. The molecule has 5 fully saturated rings. The minimum absolute atomic E-state index is 0.0377. The number of hydrogen-bond acceptors (Lipinski definition) is 4. The van der Waals surface area contributed by atoms with Crippen LogP contribution >= 0.6 is 0 Å². The van der Waals surface area contributed by atoms with E-state index in [-0.39, 0.29) is 5.41 Å². The van der Waals surface area contributed by atoms with Crippen LogP contribution in [0.1, 0.15) is 69.8 Å². The Bertz CT molecular complexity index is 729. The fourth-order valence-corrected chi connectivity index (χ4v) is 7.48. The highest BCUT2D eigenvalue weighted by molar-refractivity contribution is 5.27. The van der Waals surface area contributed by atoms with Gasteiger partial charge in [-0.2, -0.15) is 9.78 Å². The van der Waals surface area contributed by atoms with E-state index < -0.39 is 11.6 Å². The van der Waals surface area contributed by atoms with Crippen molar-refractivity contribution < 1.29 is 14.5 Å². The molecular formula is C24H33NO3. The van der Waals surface area contributed by atoms with E-state index in [0.717, 1.165) is 49.9 Å². The molecule has 4 nitrogen and oxygen atoms in total. The Morgan fingerprint density at radius 1 is 0.857 bits per heavy atom. The molecule has 4 saturated carbocycles. The van der Waals surface area contributed by atoms with Gasteiger partial charge in [0, 0.05) is 37.1 Å². The van der Waals surface area contributed by atoms with Gasteiger partial charge in [-0.15, -0.1) is 0 Å². The lowest BCUT2D eigenvalue weighted by atomic mass is 9.67. The van der Waals surface area contributed by atoms with Gasteiger partial charge in [-0.3, -0.25) is 0 Å². The van der Waals surface area contributed by atoms with E-state index >= 15 is 0 Å². The number of ether oxygens (including phenoxy) is 1. The summed E-state index contributed by atoms with van der Waals surface area (Å²) in [6.07, 6.45) is 11.4. The van der Waals surface area contributed by atoms with Crippen LogP contribution in [-0.2, 0) is 19.9 Å². The molecule has 4 aliphatic carbocycles. The lowest BCUT2D eigenvalue weighted by Crippen LogP contribution is -2.48. The smallest absolute Gasteiger partial charge is 0.207 e. The van der Waals surface area contributed by atoms with Gasteiger partial charge in [0.1, 0.15) is 0 Å². The van der Waals surface area contributed by atoms with Crippen LogP contribution in [0.2, 0.25) is 0 Å². The number of rotatable bonds is 2. The summed E-state index contributed by atoms with van der Waals surface area (Å²) in [4.78, 5) is 12.3. The molecule has 28 heavy (non-hydrogen) atoms. The lowest BCUT2D eigenvalue weighted by Gasteiger charge is -2.43. The summed E-state index contributed by atoms with van der Waals surface area (Å²) in [6, 6.07) is 10.8. The Balaban J connectivity index is 1.23. The predicted molar refractivity (Wildman–Crippen MR) is 106 cm³/mol. The first-order chi connectivity index (χ1) is 13.6. The molecule has 1 aromatic rings. The molecule has 3 bridgehead atoms. The largest absolute Gasteiger partial charge is 0.330 e. The molecule has 0 amide bonds. The van der Waals surface area contributed by atoms with Gasteiger partial charge < -0.3 is 10.5 Å². The number of fused-ring (bicyclic) bond motifs is 3. The Kier molecular flexibility index (Phi) is 4.01. The fourth-order valence-electron chi connectivity index (χ4n) is 7.48. The first-order valence-corrected chi connectivity index (χ1v) is 11.5. The molecular weight excluding hydrogens is 350 g/mol. The summed E-state index contributed by atoms with van der Waals surface area (Å²) in [5.41, 5.74) is 7.68. The minimum Gasteiger partial charge on any atom is -0.330 e. The van der Waals surface area contributed by atoms with Gasteiger partial charge in [-0.1, -0.05) is 30.3 Å². The summed E-state index contributed by atoms with van der Waals surface area (Å²) in [7, 11) is 0. The summed E-state index contributed by atoms with van der Waals surface area (Å²) < 4.78 is 6.87. The van der Waals surface area contributed by atoms with Crippen LogP contribution in [0.15, 0.2) is 30.3 Å². The fraction of sp³-hybridized carbons (Fsp3) is 0.750. The van der Waals surface area contributed by atoms with Crippen LogP contribution < -0.4 is 5.73 Å². The van der Waals surface area contributed by atoms with E-state index in [9.17, 15) is 0 Å². The summed E-state index contributed by atoms with van der Waals surface area (Å²) in [5.74, 6) is 2.04. The van der Waals surface area contributed by atoms with Gasteiger partial charge in [0.15, 0.2) is 0 Å². The van der Waals surface area contributed by atoms with Crippen LogP contribution in [0.25, 0.3) is 0 Å². The van der Waals surface area contributed by atoms with Gasteiger partial charge in [0.25, 0.3) is 0 Å². The van der Waals surface area contributed by atoms with Crippen molar-refractivity contribution in [3.05, 3.63) is 35.9 Å². The van der Waals surface area contributed by atoms with Gasteiger partial charge in [-0.05, 0) is 68.3 Å². The highest BCUT2D eigenvalue weighted by Crippen LogP contribution is 2.61. The van der Waals surface area contributed by atoms with Crippen LogP contribution in [0, 0.1) is 23.7 Å². The zero-order valence-corrected chi connectivity index (χ0v) is 16.8. The Morgan fingerprint density at radius 2 is 1.64 bits per heavy atom. The second-order valence-corrected chi connectivity index (χ2v) is 10.4. The van der Waals surface area contributed by atoms with Crippen LogP contribution in [-0.4, -0.2) is 18.1 Å². The molecule has 1 aliphatic heterocycles. The third kappa shape index (κ3) is 2.57. The quantitative estimate of drug-likeness (QED) is 0.754. The highest BCUT2D eigenvalue weighted by Gasteiger charge is 2.63. The molecule has 0 aromatic heterocycles. The lowest BCUT2D eigenvalue weighted by molar-refractivity contribution is -0.365. The van der Waals surface area contributed by atoms with Gasteiger partial charge >= 0.3 is 0 Å². The maximum atomic E-state index is 6.87. The van der Waals surface area contributed by atoms with E-state index in [1.807, 2.05) is 0 Å². The highest BCUT2D eigenvalue weighted by atomic mass is 17.3. The molecule has 4 heteroatoms. The standard InChI is InChI=1S/C24H33NO3/c25-16-22(20-4-2-1-3-5-20)8-10-23(11-9-22)26-24(28-27-23)7-6-17-12-18-14-19(13-17)21(24)15-18/h1-5,17-19,21H,6-16,25H2. The minimum atomic E-state index is -0.560. The first-order valence-electron chi connectivity index (χ1n) is 11.5. The average Bonchev–Trinajstić information content (AvgIpc) is 3.23. The topological polar surface area (TPSA) is 53.7 Å². The monoisotopic (exact) mass is 383 g/mol. The molecule has 2 spiro atoms. The Hall–Kier alpha value is -0.940. The molecule has 1 aromatic carbocycles. The summed E-state index contributed by atoms with van der Waals surface area (Å²) in [6.45, 7) is 0.674. The van der Waals surface area contributed by atoms with Crippen molar-refractivity contribution in [2.45, 2.75) is 81.2 Å². The predicted octanol–water partition coefficient (Wildman–Crippen LogP) is 4.67.